The minimum atomic E-state index is -0.478. The van der Waals surface area contributed by atoms with Gasteiger partial charge in [-0.05, 0) is 43.2 Å². The second-order valence-corrected chi connectivity index (χ2v) is 7.51. The van der Waals surface area contributed by atoms with Crippen molar-refractivity contribution in [2.75, 3.05) is 20.3 Å². The molecule has 1 saturated heterocycles. The third-order valence-electron chi connectivity index (χ3n) is 5.43. The molecule has 0 radical (unpaired) electrons. The average molecular weight is 396 g/mol. The zero-order chi connectivity index (χ0) is 20.6. The van der Waals surface area contributed by atoms with Crippen LogP contribution in [0.1, 0.15) is 58.4 Å². The predicted molar refractivity (Wildman–Crippen MR) is 111 cm³/mol. The Labute approximate surface area is 170 Å². The second kappa shape index (κ2) is 10.2. The average Bonchev–Trinajstić information content (AvgIpc) is 2.76. The number of pyridine rings is 1. The van der Waals surface area contributed by atoms with Crippen LogP contribution in [0.3, 0.4) is 0 Å². The Kier molecular flexibility index (Phi) is 7.36. The number of carbonyl (C=O) groups is 2. The molecular weight excluding hydrogens is 368 g/mol. The predicted octanol–water partition coefficient (Wildman–Crippen LogP) is 3.04. The fourth-order valence-electron chi connectivity index (χ4n) is 3.71. The number of rotatable bonds is 8. The summed E-state index contributed by atoms with van der Waals surface area (Å²) in [6, 6.07) is 10.9. The van der Waals surface area contributed by atoms with Gasteiger partial charge in [-0.25, -0.2) is 0 Å². The zero-order valence-corrected chi connectivity index (χ0v) is 16.9. The van der Waals surface area contributed by atoms with Crippen LogP contribution in [-0.4, -0.2) is 36.5 Å². The van der Waals surface area contributed by atoms with E-state index in [-0.39, 0.29) is 11.3 Å². The highest BCUT2D eigenvalue weighted by molar-refractivity contribution is 6.00. The van der Waals surface area contributed by atoms with Gasteiger partial charge in [-0.2, -0.15) is 0 Å². The summed E-state index contributed by atoms with van der Waals surface area (Å²) in [5, 5.41) is 2.49. The summed E-state index contributed by atoms with van der Waals surface area (Å²) in [4.78, 5) is 37.7. The topological polar surface area (TPSA) is 77.4 Å². The maximum Gasteiger partial charge on any atom is 0.263 e. The van der Waals surface area contributed by atoms with Crippen molar-refractivity contribution < 1.29 is 14.3 Å². The molecule has 2 heterocycles. The summed E-state index contributed by atoms with van der Waals surface area (Å²) in [5.41, 5.74) is 0.943. The first-order chi connectivity index (χ1) is 14.1. The molecule has 6 nitrogen and oxygen atoms in total. The molecule has 1 amide bonds. The van der Waals surface area contributed by atoms with Crippen LogP contribution < -0.4 is 10.9 Å². The Morgan fingerprint density at radius 3 is 2.59 bits per heavy atom. The molecular formula is C23H28N2O4. The van der Waals surface area contributed by atoms with E-state index in [1.165, 1.54) is 17.7 Å². The van der Waals surface area contributed by atoms with Gasteiger partial charge in [0.1, 0.15) is 5.56 Å². The van der Waals surface area contributed by atoms with E-state index >= 15 is 0 Å². The van der Waals surface area contributed by atoms with Crippen LogP contribution >= 0.6 is 0 Å². The summed E-state index contributed by atoms with van der Waals surface area (Å²) < 4.78 is 6.83. The number of ketones is 1. The number of hydrogen-bond acceptors (Lipinski definition) is 4. The molecule has 1 aromatic carbocycles. The van der Waals surface area contributed by atoms with Crippen LogP contribution in [0.15, 0.2) is 47.4 Å². The lowest BCUT2D eigenvalue weighted by atomic mass is 9.93. The maximum absolute atomic E-state index is 12.8. The van der Waals surface area contributed by atoms with E-state index in [1.54, 1.807) is 6.20 Å². The van der Waals surface area contributed by atoms with Gasteiger partial charge < -0.3 is 14.6 Å². The van der Waals surface area contributed by atoms with Crippen molar-refractivity contribution in [3.05, 3.63) is 69.6 Å². The van der Waals surface area contributed by atoms with E-state index < -0.39 is 11.5 Å². The minimum absolute atomic E-state index is 0.00119. The molecule has 29 heavy (non-hydrogen) atoms. The largest absolute Gasteiger partial charge is 0.381 e. The molecule has 0 atom stereocenters. The number of aromatic nitrogens is 1. The number of benzene rings is 1. The highest BCUT2D eigenvalue weighted by Crippen LogP contribution is 2.21. The Hall–Kier alpha value is -2.73. The van der Waals surface area contributed by atoms with Crippen molar-refractivity contribution in [3.8, 4) is 0 Å². The summed E-state index contributed by atoms with van der Waals surface area (Å²) in [6.07, 6.45) is 5.90. The minimum Gasteiger partial charge on any atom is -0.381 e. The zero-order valence-electron chi connectivity index (χ0n) is 16.9. The van der Waals surface area contributed by atoms with Crippen LogP contribution in [0.4, 0.5) is 0 Å². The van der Waals surface area contributed by atoms with Gasteiger partial charge in [-0.15, -0.1) is 0 Å². The van der Waals surface area contributed by atoms with Crippen LogP contribution in [0.5, 0.6) is 0 Å². The van der Waals surface area contributed by atoms with Crippen molar-refractivity contribution >= 4 is 11.7 Å². The molecule has 3 rings (SSSR count). The molecule has 0 aliphatic carbocycles. The maximum atomic E-state index is 12.8. The van der Waals surface area contributed by atoms with Gasteiger partial charge in [-0.1, -0.05) is 30.3 Å². The molecule has 1 aliphatic rings. The summed E-state index contributed by atoms with van der Waals surface area (Å²) in [6.45, 7) is 1.92. The molecule has 1 aliphatic heterocycles. The fourth-order valence-corrected chi connectivity index (χ4v) is 3.71. The van der Waals surface area contributed by atoms with E-state index in [9.17, 15) is 14.4 Å². The van der Waals surface area contributed by atoms with Gasteiger partial charge in [0.25, 0.3) is 11.5 Å². The molecule has 0 unspecified atom stereocenters. The lowest BCUT2D eigenvalue weighted by molar-refractivity contribution is 0.0629. The standard InChI is InChI=1S/C23H28N2O4/c1-24-22(27)20-14-19(21(26)9-5-8-17-10-12-29-13-11-17)16-25(23(20)28)15-18-6-3-2-4-7-18/h2-4,6-7,14,16-17H,5,8-13,15H2,1H3,(H,24,27). The van der Waals surface area contributed by atoms with Crippen molar-refractivity contribution in [1.82, 2.24) is 9.88 Å². The van der Waals surface area contributed by atoms with E-state index in [4.69, 9.17) is 4.74 Å². The monoisotopic (exact) mass is 396 g/mol. The van der Waals surface area contributed by atoms with E-state index in [2.05, 4.69) is 5.32 Å². The molecule has 1 N–H and O–H groups in total. The Morgan fingerprint density at radius 2 is 1.90 bits per heavy atom. The van der Waals surface area contributed by atoms with Gasteiger partial charge >= 0.3 is 0 Å². The van der Waals surface area contributed by atoms with E-state index in [0.29, 0.717) is 24.4 Å². The van der Waals surface area contributed by atoms with Gasteiger partial charge in [0.2, 0.25) is 0 Å². The number of nitrogens with zero attached hydrogens (tertiary/aromatic N) is 1. The van der Waals surface area contributed by atoms with Crippen LogP contribution in [0.25, 0.3) is 0 Å². The summed E-state index contributed by atoms with van der Waals surface area (Å²) in [5.74, 6) is 0.0997. The molecule has 0 spiro atoms. The number of carbonyl (C=O) groups excluding carboxylic acids is 2. The lowest BCUT2D eigenvalue weighted by Crippen LogP contribution is -2.32. The van der Waals surface area contributed by atoms with Gasteiger partial charge in [-0.3, -0.25) is 14.4 Å². The van der Waals surface area contributed by atoms with Crippen molar-refractivity contribution in [1.29, 1.82) is 0 Å². The number of ether oxygens (including phenoxy) is 1. The molecule has 154 valence electrons. The quantitative estimate of drug-likeness (QED) is 0.696. The fraction of sp³-hybridized carbons (Fsp3) is 0.435. The molecule has 6 heteroatoms. The Balaban J connectivity index is 1.77. The normalized spacial score (nSPS) is 14.5. The lowest BCUT2D eigenvalue weighted by Gasteiger charge is -2.21. The second-order valence-electron chi connectivity index (χ2n) is 7.51. The van der Waals surface area contributed by atoms with Crippen molar-refractivity contribution in [3.63, 3.8) is 0 Å². The van der Waals surface area contributed by atoms with Crippen LogP contribution in [-0.2, 0) is 11.3 Å². The third kappa shape index (κ3) is 5.64. The number of nitrogens with one attached hydrogen (secondary N) is 1. The molecule has 1 aromatic heterocycles. The van der Waals surface area contributed by atoms with E-state index in [0.717, 1.165) is 44.5 Å². The van der Waals surface area contributed by atoms with Crippen LogP contribution in [0.2, 0.25) is 0 Å². The highest BCUT2D eigenvalue weighted by Gasteiger charge is 2.18. The van der Waals surface area contributed by atoms with Crippen molar-refractivity contribution in [2.24, 2.45) is 5.92 Å². The smallest absolute Gasteiger partial charge is 0.263 e. The SMILES string of the molecule is CNC(=O)c1cc(C(=O)CCCC2CCOCC2)cn(Cc2ccccc2)c1=O. The number of amides is 1. The first-order valence-corrected chi connectivity index (χ1v) is 10.2. The summed E-state index contributed by atoms with van der Waals surface area (Å²) in [7, 11) is 1.48. The van der Waals surface area contributed by atoms with Crippen LogP contribution in [0, 0.1) is 5.92 Å². The Bertz CT molecular complexity index is 899. The Morgan fingerprint density at radius 1 is 1.17 bits per heavy atom. The molecule has 0 bridgehead atoms. The highest BCUT2D eigenvalue weighted by atomic mass is 16.5. The van der Waals surface area contributed by atoms with Crippen molar-refractivity contribution in [2.45, 2.75) is 38.6 Å². The summed E-state index contributed by atoms with van der Waals surface area (Å²) >= 11 is 0. The third-order valence-corrected chi connectivity index (χ3v) is 5.43. The molecule has 2 aromatic rings. The molecule has 1 fully saturated rings. The van der Waals surface area contributed by atoms with E-state index in [1.807, 2.05) is 30.3 Å². The first kappa shape index (κ1) is 21.0. The van der Waals surface area contributed by atoms with Gasteiger partial charge in [0, 0.05) is 38.4 Å². The number of hydrogen-bond donors (Lipinski definition) is 1. The number of Topliss-reactive ketones (excluding diaryl/α,β-unsaturated/α-hetero) is 1. The molecule has 0 saturated carbocycles. The first-order valence-electron chi connectivity index (χ1n) is 10.2. The van der Waals surface area contributed by atoms with Gasteiger partial charge in [0.15, 0.2) is 5.78 Å². The van der Waals surface area contributed by atoms with Gasteiger partial charge in [0.05, 0.1) is 6.54 Å².